The first-order valence-electron chi connectivity index (χ1n) is 3.87. The van der Waals surface area contributed by atoms with Gasteiger partial charge in [0.05, 0.1) is 12.5 Å². The summed E-state index contributed by atoms with van der Waals surface area (Å²) in [6, 6.07) is 0. The van der Waals surface area contributed by atoms with Crippen molar-refractivity contribution in [2.45, 2.75) is 5.72 Å². The normalized spacial score (nSPS) is 47.0. The minimum Gasteiger partial charge on any atom is -0.481 e. The highest BCUT2D eigenvalue weighted by molar-refractivity contribution is 5.81. The molecule has 4 unspecified atom stereocenters. The molecule has 1 heterocycles. The van der Waals surface area contributed by atoms with Crippen molar-refractivity contribution in [3.63, 3.8) is 0 Å². The van der Waals surface area contributed by atoms with Crippen molar-refractivity contribution in [2.75, 3.05) is 6.61 Å². The van der Waals surface area contributed by atoms with Gasteiger partial charge < -0.3 is 20.7 Å². The van der Waals surface area contributed by atoms with Crippen molar-refractivity contribution in [3.05, 3.63) is 0 Å². The summed E-state index contributed by atoms with van der Waals surface area (Å²) in [5, 5.41) is 17.4. The SMILES string of the molecule is NC12OCC(C(=O)O)C1C2C(=O)O. The molecule has 0 spiro atoms. The van der Waals surface area contributed by atoms with Crippen LogP contribution in [0, 0.1) is 17.8 Å². The van der Waals surface area contributed by atoms with Crippen molar-refractivity contribution >= 4 is 11.9 Å². The summed E-state index contributed by atoms with van der Waals surface area (Å²) in [5.41, 5.74) is 4.33. The molecule has 0 aromatic rings. The number of aliphatic carboxylic acids is 2. The number of hydrogen-bond acceptors (Lipinski definition) is 4. The lowest BCUT2D eigenvalue weighted by molar-refractivity contribution is -0.146. The largest absolute Gasteiger partial charge is 0.481 e. The van der Waals surface area contributed by atoms with Crippen LogP contribution < -0.4 is 5.73 Å². The standard InChI is InChI=1S/C7H9NO5/c8-7-3(4(7)6(11)12)2(1-13-7)5(9)10/h2-4H,1,8H2,(H,9,10)(H,11,12). The molecule has 1 saturated heterocycles. The Morgan fingerprint density at radius 3 is 2.38 bits per heavy atom. The molecular formula is C7H9NO5. The van der Waals surface area contributed by atoms with E-state index in [1.54, 1.807) is 0 Å². The number of hydrogen-bond donors (Lipinski definition) is 3. The van der Waals surface area contributed by atoms with Crippen LogP contribution >= 0.6 is 0 Å². The Hall–Kier alpha value is -1.14. The summed E-state index contributed by atoms with van der Waals surface area (Å²) >= 11 is 0. The van der Waals surface area contributed by atoms with Crippen LogP contribution in [0.15, 0.2) is 0 Å². The zero-order chi connectivity index (χ0) is 9.80. The monoisotopic (exact) mass is 187 g/mol. The van der Waals surface area contributed by atoms with Crippen LogP contribution in [-0.2, 0) is 14.3 Å². The minimum atomic E-state index is -1.23. The molecule has 0 radical (unpaired) electrons. The smallest absolute Gasteiger partial charge is 0.311 e. The van der Waals surface area contributed by atoms with Gasteiger partial charge in [-0.1, -0.05) is 0 Å². The van der Waals surface area contributed by atoms with E-state index in [9.17, 15) is 9.59 Å². The van der Waals surface area contributed by atoms with Crippen molar-refractivity contribution in [1.29, 1.82) is 0 Å². The van der Waals surface area contributed by atoms with Gasteiger partial charge in [0, 0.05) is 5.92 Å². The van der Waals surface area contributed by atoms with Crippen LogP contribution in [0.2, 0.25) is 0 Å². The Morgan fingerprint density at radius 1 is 1.38 bits per heavy atom. The fourth-order valence-corrected chi connectivity index (χ4v) is 2.05. The highest BCUT2D eigenvalue weighted by atomic mass is 16.5. The second-order valence-electron chi connectivity index (χ2n) is 3.45. The second kappa shape index (κ2) is 2.21. The van der Waals surface area contributed by atoms with E-state index < -0.39 is 35.4 Å². The van der Waals surface area contributed by atoms with Gasteiger partial charge >= 0.3 is 11.9 Å². The van der Waals surface area contributed by atoms with E-state index in [0.717, 1.165) is 0 Å². The van der Waals surface area contributed by atoms with Gasteiger partial charge in [0.25, 0.3) is 0 Å². The molecule has 72 valence electrons. The van der Waals surface area contributed by atoms with E-state index in [-0.39, 0.29) is 6.61 Å². The summed E-state index contributed by atoms with van der Waals surface area (Å²) in [6.45, 7) is 0.0142. The summed E-state index contributed by atoms with van der Waals surface area (Å²) in [4.78, 5) is 21.2. The maximum Gasteiger partial charge on any atom is 0.311 e. The fourth-order valence-electron chi connectivity index (χ4n) is 2.05. The van der Waals surface area contributed by atoms with E-state index in [2.05, 4.69) is 0 Å². The van der Waals surface area contributed by atoms with Crippen molar-refractivity contribution in [1.82, 2.24) is 0 Å². The average molecular weight is 187 g/mol. The molecule has 2 rings (SSSR count). The molecule has 1 aliphatic carbocycles. The molecule has 0 aromatic carbocycles. The lowest BCUT2D eigenvalue weighted by atomic mass is 10.0. The van der Waals surface area contributed by atoms with E-state index in [0.29, 0.717) is 0 Å². The second-order valence-corrected chi connectivity index (χ2v) is 3.45. The number of ether oxygens (including phenoxy) is 1. The number of rotatable bonds is 2. The molecule has 2 fully saturated rings. The average Bonchev–Trinajstić information content (AvgIpc) is 2.44. The zero-order valence-corrected chi connectivity index (χ0v) is 6.64. The lowest BCUT2D eigenvalue weighted by Gasteiger charge is -2.08. The van der Waals surface area contributed by atoms with Gasteiger partial charge in [-0.3, -0.25) is 9.59 Å². The molecule has 1 aliphatic heterocycles. The first kappa shape index (κ1) is 8.46. The van der Waals surface area contributed by atoms with Crippen molar-refractivity contribution in [2.24, 2.45) is 23.5 Å². The number of carboxylic acids is 2. The highest BCUT2D eigenvalue weighted by Crippen LogP contribution is 2.58. The van der Waals surface area contributed by atoms with Crippen molar-refractivity contribution < 1.29 is 24.5 Å². The number of fused-ring (bicyclic) bond motifs is 1. The van der Waals surface area contributed by atoms with E-state index in [1.807, 2.05) is 0 Å². The minimum absolute atomic E-state index is 0.0142. The van der Waals surface area contributed by atoms with Crippen LogP contribution in [-0.4, -0.2) is 34.5 Å². The Bertz CT molecular complexity index is 275. The van der Waals surface area contributed by atoms with Gasteiger partial charge in [0.1, 0.15) is 11.6 Å². The van der Waals surface area contributed by atoms with Crippen LogP contribution in [0.5, 0.6) is 0 Å². The quantitative estimate of drug-likeness (QED) is 0.495. The molecule has 2 aliphatic rings. The molecule has 13 heavy (non-hydrogen) atoms. The predicted octanol–water partition coefficient (Wildman–Crippen LogP) is -1.30. The van der Waals surface area contributed by atoms with E-state index in [1.165, 1.54) is 0 Å². The summed E-state index contributed by atoms with van der Waals surface area (Å²) in [7, 11) is 0. The lowest BCUT2D eigenvalue weighted by Crippen LogP contribution is -2.30. The molecule has 6 nitrogen and oxygen atoms in total. The van der Waals surface area contributed by atoms with Gasteiger partial charge in [0.2, 0.25) is 0 Å². The maximum absolute atomic E-state index is 10.6. The Labute approximate surface area is 73.3 Å². The predicted molar refractivity (Wildman–Crippen MR) is 38.6 cm³/mol. The molecule has 0 bridgehead atoms. The van der Waals surface area contributed by atoms with Crippen LogP contribution in [0.4, 0.5) is 0 Å². The van der Waals surface area contributed by atoms with Crippen molar-refractivity contribution in [3.8, 4) is 0 Å². The number of nitrogens with two attached hydrogens (primary N) is 1. The van der Waals surface area contributed by atoms with E-state index >= 15 is 0 Å². The first-order chi connectivity index (χ1) is 5.98. The molecule has 6 heteroatoms. The third-order valence-corrected chi connectivity index (χ3v) is 2.79. The molecule has 4 N–H and O–H groups in total. The van der Waals surface area contributed by atoms with Gasteiger partial charge in [-0.25, -0.2) is 0 Å². The van der Waals surface area contributed by atoms with Gasteiger partial charge in [-0.15, -0.1) is 0 Å². The highest BCUT2D eigenvalue weighted by Gasteiger charge is 2.75. The molecule has 4 atom stereocenters. The molecular weight excluding hydrogens is 178 g/mol. The molecule has 0 amide bonds. The first-order valence-corrected chi connectivity index (χ1v) is 3.87. The fraction of sp³-hybridized carbons (Fsp3) is 0.714. The summed E-state index contributed by atoms with van der Waals surface area (Å²) < 4.78 is 4.98. The van der Waals surface area contributed by atoms with Gasteiger partial charge in [0.15, 0.2) is 0 Å². The zero-order valence-electron chi connectivity index (χ0n) is 6.64. The maximum atomic E-state index is 10.6. The number of carbonyl (C=O) groups is 2. The topological polar surface area (TPSA) is 110 Å². The Kier molecular flexibility index (Phi) is 1.44. The Balaban J connectivity index is 2.19. The molecule has 1 saturated carbocycles. The van der Waals surface area contributed by atoms with Crippen LogP contribution in [0.1, 0.15) is 0 Å². The van der Waals surface area contributed by atoms with Crippen LogP contribution in [0.3, 0.4) is 0 Å². The third kappa shape index (κ3) is 0.895. The van der Waals surface area contributed by atoms with E-state index in [4.69, 9.17) is 20.7 Å². The van der Waals surface area contributed by atoms with Gasteiger partial charge in [-0.2, -0.15) is 0 Å². The summed E-state index contributed by atoms with van der Waals surface area (Å²) in [6.07, 6.45) is 0. The third-order valence-electron chi connectivity index (χ3n) is 2.79. The van der Waals surface area contributed by atoms with Gasteiger partial charge in [-0.05, 0) is 0 Å². The number of carboxylic acid groups (broad SMARTS) is 2. The Morgan fingerprint density at radius 2 is 2.00 bits per heavy atom. The molecule has 0 aromatic heterocycles. The summed E-state index contributed by atoms with van der Waals surface area (Å²) in [5.74, 6) is -4.32. The van der Waals surface area contributed by atoms with Crippen LogP contribution in [0.25, 0.3) is 0 Å².